The Morgan fingerprint density at radius 1 is 1.38 bits per heavy atom. The van der Waals surface area contributed by atoms with Crippen molar-refractivity contribution in [3.8, 4) is 0 Å². The molecule has 0 saturated carbocycles. The van der Waals surface area contributed by atoms with Gasteiger partial charge < -0.3 is 10.0 Å². The molecule has 0 rings (SSSR count). The Morgan fingerprint density at radius 2 is 1.88 bits per heavy atom. The molecule has 0 amide bonds. The lowest BCUT2D eigenvalue weighted by Gasteiger charge is -2.33. The highest BCUT2D eigenvalue weighted by Gasteiger charge is 2.33. The van der Waals surface area contributed by atoms with E-state index < -0.39 is 11.4 Å². The molecule has 0 aromatic rings. The van der Waals surface area contributed by atoms with Crippen LogP contribution in [0, 0.1) is 11.3 Å². The standard InChI is InChI=1S/C13H27NO2/c1-7-13(5,12(15)16)9-14(6)11(4)8-10(2)3/h10-11H,7-9H2,1-6H3,(H,15,16). The van der Waals surface area contributed by atoms with Crippen molar-refractivity contribution in [2.75, 3.05) is 13.6 Å². The molecule has 0 bridgehead atoms. The summed E-state index contributed by atoms with van der Waals surface area (Å²) in [6.07, 6.45) is 1.77. The molecule has 3 heteroatoms. The first-order valence-electron chi connectivity index (χ1n) is 6.16. The smallest absolute Gasteiger partial charge is 0.310 e. The number of rotatable bonds is 7. The van der Waals surface area contributed by atoms with Gasteiger partial charge in [-0.3, -0.25) is 4.79 Å². The Bertz CT molecular complexity index is 228. The van der Waals surface area contributed by atoms with Crippen LogP contribution in [0.15, 0.2) is 0 Å². The minimum Gasteiger partial charge on any atom is -0.481 e. The second-order valence-corrected chi connectivity index (χ2v) is 5.61. The molecule has 3 nitrogen and oxygen atoms in total. The number of hydrogen-bond acceptors (Lipinski definition) is 2. The number of aliphatic carboxylic acids is 1. The van der Waals surface area contributed by atoms with Gasteiger partial charge in [-0.1, -0.05) is 20.8 Å². The molecule has 0 fully saturated rings. The van der Waals surface area contributed by atoms with Crippen LogP contribution in [0.5, 0.6) is 0 Å². The summed E-state index contributed by atoms with van der Waals surface area (Å²) >= 11 is 0. The van der Waals surface area contributed by atoms with Crippen LogP contribution in [0.2, 0.25) is 0 Å². The maximum atomic E-state index is 11.2. The first kappa shape index (κ1) is 15.4. The van der Waals surface area contributed by atoms with Gasteiger partial charge in [-0.25, -0.2) is 0 Å². The molecule has 1 N–H and O–H groups in total. The maximum Gasteiger partial charge on any atom is 0.310 e. The lowest BCUT2D eigenvalue weighted by atomic mass is 9.86. The van der Waals surface area contributed by atoms with Crippen molar-refractivity contribution in [1.29, 1.82) is 0 Å². The van der Waals surface area contributed by atoms with Gasteiger partial charge in [0.2, 0.25) is 0 Å². The molecule has 0 radical (unpaired) electrons. The van der Waals surface area contributed by atoms with Gasteiger partial charge in [-0.15, -0.1) is 0 Å². The molecule has 0 aliphatic carbocycles. The van der Waals surface area contributed by atoms with E-state index in [9.17, 15) is 9.90 Å². The van der Waals surface area contributed by atoms with E-state index in [1.165, 1.54) is 0 Å². The Hall–Kier alpha value is -0.570. The fourth-order valence-electron chi connectivity index (χ4n) is 1.90. The quantitative estimate of drug-likeness (QED) is 0.729. The van der Waals surface area contributed by atoms with Crippen LogP contribution in [0.3, 0.4) is 0 Å². The maximum absolute atomic E-state index is 11.2. The van der Waals surface area contributed by atoms with E-state index >= 15 is 0 Å². The number of carboxylic acids is 1. The summed E-state index contributed by atoms with van der Waals surface area (Å²) in [6, 6.07) is 0.435. The molecule has 2 unspecified atom stereocenters. The molecule has 0 aromatic carbocycles. The third-order valence-corrected chi connectivity index (χ3v) is 3.46. The first-order chi connectivity index (χ1) is 7.23. The van der Waals surface area contributed by atoms with E-state index in [0.29, 0.717) is 24.9 Å². The zero-order chi connectivity index (χ0) is 12.9. The van der Waals surface area contributed by atoms with Crippen LogP contribution < -0.4 is 0 Å². The van der Waals surface area contributed by atoms with E-state index in [4.69, 9.17) is 0 Å². The molecule has 96 valence electrons. The van der Waals surface area contributed by atoms with Gasteiger partial charge >= 0.3 is 5.97 Å². The summed E-state index contributed by atoms with van der Waals surface area (Å²) < 4.78 is 0. The minimum absolute atomic E-state index is 0.435. The molecule has 0 heterocycles. The summed E-state index contributed by atoms with van der Waals surface area (Å²) in [7, 11) is 2.02. The second-order valence-electron chi connectivity index (χ2n) is 5.61. The second kappa shape index (κ2) is 6.24. The predicted molar refractivity (Wildman–Crippen MR) is 67.6 cm³/mol. The summed E-state index contributed by atoms with van der Waals surface area (Å²) in [6.45, 7) is 10.9. The third-order valence-electron chi connectivity index (χ3n) is 3.46. The summed E-state index contributed by atoms with van der Waals surface area (Å²) in [5.41, 5.74) is -0.625. The molecule has 2 atom stereocenters. The van der Waals surface area contributed by atoms with Gasteiger partial charge in [0.05, 0.1) is 5.41 Å². The van der Waals surface area contributed by atoms with Crippen LogP contribution in [-0.2, 0) is 4.79 Å². The topological polar surface area (TPSA) is 40.5 Å². The minimum atomic E-state index is -0.696. The van der Waals surface area contributed by atoms with Gasteiger partial charge in [0.1, 0.15) is 0 Å². The normalized spacial score (nSPS) is 17.5. The Balaban J connectivity index is 4.41. The highest BCUT2D eigenvalue weighted by molar-refractivity contribution is 5.74. The molecule has 0 aliphatic rings. The van der Waals surface area contributed by atoms with Crippen LogP contribution in [0.1, 0.15) is 47.5 Å². The first-order valence-corrected chi connectivity index (χ1v) is 6.16. The van der Waals surface area contributed by atoms with E-state index in [0.717, 1.165) is 6.42 Å². The van der Waals surface area contributed by atoms with Crippen molar-refractivity contribution in [1.82, 2.24) is 4.90 Å². The average Bonchev–Trinajstić information content (AvgIpc) is 2.16. The summed E-state index contributed by atoms with van der Waals surface area (Å²) in [5.74, 6) is -0.0474. The monoisotopic (exact) mass is 229 g/mol. The van der Waals surface area contributed by atoms with E-state index in [1.807, 2.05) is 20.9 Å². The molecule has 0 saturated heterocycles. The SMILES string of the molecule is CCC(C)(CN(C)C(C)CC(C)C)C(=O)O. The highest BCUT2D eigenvalue weighted by atomic mass is 16.4. The van der Waals surface area contributed by atoms with Crippen molar-refractivity contribution in [2.45, 2.75) is 53.5 Å². The highest BCUT2D eigenvalue weighted by Crippen LogP contribution is 2.24. The zero-order valence-corrected chi connectivity index (χ0v) is 11.6. The molecular weight excluding hydrogens is 202 g/mol. The van der Waals surface area contributed by atoms with Crippen molar-refractivity contribution in [3.63, 3.8) is 0 Å². The molecule has 0 spiro atoms. The fraction of sp³-hybridized carbons (Fsp3) is 0.923. The van der Waals surface area contributed by atoms with Gasteiger partial charge in [-0.05, 0) is 39.7 Å². The Morgan fingerprint density at radius 3 is 2.19 bits per heavy atom. The van der Waals surface area contributed by atoms with Crippen molar-refractivity contribution in [3.05, 3.63) is 0 Å². The van der Waals surface area contributed by atoms with Gasteiger partial charge in [0.15, 0.2) is 0 Å². The summed E-state index contributed by atoms with van der Waals surface area (Å²) in [5, 5.41) is 9.22. The average molecular weight is 229 g/mol. The Kier molecular flexibility index (Phi) is 6.01. The number of nitrogens with zero attached hydrogens (tertiary/aromatic N) is 1. The lowest BCUT2D eigenvalue weighted by molar-refractivity contribution is -0.149. The van der Waals surface area contributed by atoms with Crippen LogP contribution in [0.25, 0.3) is 0 Å². The molecule has 16 heavy (non-hydrogen) atoms. The predicted octanol–water partition coefficient (Wildman–Crippen LogP) is 2.85. The molecule has 0 aliphatic heterocycles. The van der Waals surface area contributed by atoms with Crippen LogP contribution >= 0.6 is 0 Å². The number of hydrogen-bond donors (Lipinski definition) is 1. The largest absolute Gasteiger partial charge is 0.481 e. The third kappa shape index (κ3) is 4.52. The van der Waals surface area contributed by atoms with Gasteiger partial charge in [0.25, 0.3) is 0 Å². The van der Waals surface area contributed by atoms with Crippen molar-refractivity contribution < 1.29 is 9.90 Å². The van der Waals surface area contributed by atoms with Gasteiger partial charge in [0, 0.05) is 12.6 Å². The van der Waals surface area contributed by atoms with Crippen LogP contribution in [-0.4, -0.2) is 35.6 Å². The van der Waals surface area contributed by atoms with E-state index in [1.54, 1.807) is 0 Å². The fourth-order valence-corrected chi connectivity index (χ4v) is 1.90. The van der Waals surface area contributed by atoms with Crippen molar-refractivity contribution in [2.24, 2.45) is 11.3 Å². The van der Waals surface area contributed by atoms with E-state index in [2.05, 4.69) is 25.7 Å². The zero-order valence-electron chi connectivity index (χ0n) is 11.6. The summed E-state index contributed by atoms with van der Waals surface area (Å²) in [4.78, 5) is 13.4. The lowest BCUT2D eigenvalue weighted by Crippen LogP contribution is -2.43. The molecule has 0 aromatic heterocycles. The van der Waals surface area contributed by atoms with E-state index in [-0.39, 0.29) is 0 Å². The Labute approximate surface area is 99.8 Å². The van der Waals surface area contributed by atoms with Gasteiger partial charge in [-0.2, -0.15) is 0 Å². The van der Waals surface area contributed by atoms with Crippen LogP contribution in [0.4, 0.5) is 0 Å². The molecular formula is C13H27NO2. The number of carboxylic acid groups (broad SMARTS) is 1. The van der Waals surface area contributed by atoms with Crippen molar-refractivity contribution >= 4 is 5.97 Å². The number of carbonyl (C=O) groups is 1.